The highest BCUT2D eigenvalue weighted by Gasteiger charge is 2.40. The lowest BCUT2D eigenvalue weighted by Gasteiger charge is -2.36. The first kappa shape index (κ1) is 17.2. The Morgan fingerprint density at radius 2 is 2.00 bits per heavy atom. The summed E-state index contributed by atoms with van der Waals surface area (Å²) in [6.45, 7) is 1.48. The molecule has 0 radical (unpaired) electrons. The number of nitrogens with zero attached hydrogens (tertiary/aromatic N) is 3. The van der Waals surface area contributed by atoms with Gasteiger partial charge in [0.05, 0.1) is 11.8 Å². The van der Waals surface area contributed by atoms with Crippen LogP contribution in [-0.4, -0.2) is 65.4 Å². The van der Waals surface area contributed by atoms with Gasteiger partial charge in [0, 0.05) is 43.6 Å². The van der Waals surface area contributed by atoms with Crippen molar-refractivity contribution in [2.24, 2.45) is 5.92 Å². The second kappa shape index (κ2) is 6.51. The van der Waals surface area contributed by atoms with Crippen molar-refractivity contribution in [1.29, 1.82) is 0 Å². The Hall–Kier alpha value is -2.19. The van der Waals surface area contributed by atoms with Crippen molar-refractivity contribution in [2.45, 2.75) is 18.9 Å². The van der Waals surface area contributed by atoms with E-state index >= 15 is 0 Å². The molecule has 1 aromatic carbocycles. The molecule has 3 saturated heterocycles. The van der Waals surface area contributed by atoms with Crippen molar-refractivity contribution in [2.75, 3.05) is 25.9 Å². The maximum Gasteiger partial charge on any atom is 0.254 e. The zero-order valence-corrected chi connectivity index (χ0v) is 15.4. The smallest absolute Gasteiger partial charge is 0.254 e. The number of aromatic amines is 1. The van der Waals surface area contributed by atoms with E-state index in [0.717, 1.165) is 18.4 Å². The summed E-state index contributed by atoms with van der Waals surface area (Å²) in [5.74, 6) is 0.789. The number of nitrogens with one attached hydrogen (secondary N) is 1. The van der Waals surface area contributed by atoms with Crippen molar-refractivity contribution in [3.05, 3.63) is 42.2 Å². The molecule has 3 fully saturated rings. The SMILES string of the molecule is CS(=O)(=O)N1C[C@@H]2CC[C@H](C1)N(C(=O)c1ccccc1-c1ncc[nH]1)C2. The van der Waals surface area contributed by atoms with E-state index in [1.165, 1.54) is 10.6 Å². The first-order valence-electron chi connectivity index (χ1n) is 8.78. The molecule has 8 heteroatoms. The van der Waals surface area contributed by atoms with E-state index in [-0.39, 0.29) is 17.9 Å². The molecule has 7 nitrogen and oxygen atoms in total. The highest BCUT2D eigenvalue weighted by molar-refractivity contribution is 7.88. The van der Waals surface area contributed by atoms with E-state index in [9.17, 15) is 13.2 Å². The minimum Gasteiger partial charge on any atom is -0.345 e. The summed E-state index contributed by atoms with van der Waals surface area (Å²) < 4.78 is 25.6. The molecule has 0 unspecified atom stereocenters. The van der Waals surface area contributed by atoms with Gasteiger partial charge in [0.25, 0.3) is 5.91 Å². The molecule has 3 aliphatic rings. The summed E-state index contributed by atoms with van der Waals surface area (Å²) in [5, 5.41) is 0. The normalized spacial score (nSPS) is 23.8. The summed E-state index contributed by atoms with van der Waals surface area (Å²) in [7, 11) is -3.25. The summed E-state index contributed by atoms with van der Waals surface area (Å²) >= 11 is 0. The van der Waals surface area contributed by atoms with Gasteiger partial charge in [0.2, 0.25) is 10.0 Å². The Balaban J connectivity index is 1.66. The van der Waals surface area contributed by atoms with Gasteiger partial charge in [-0.15, -0.1) is 0 Å². The van der Waals surface area contributed by atoms with Crippen molar-refractivity contribution < 1.29 is 13.2 Å². The van der Waals surface area contributed by atoms with Crippen LogP contribution in [0.4, 0.5) is 0 Å². The number of amides is 1. The molecule has 5 rings (SSSR count). The predicted molar refractivity (Wildman–Crippen MR) is 98.0 cm³/mol. The number of rotatable bonds is 3. The number of aromatic nitrogens is 2. The Labute approximate surface area is 153 Å². The monoisotopic (exact) mass is 374 g/mol. The molecule has 2 aromatic rings. The van der Waals surface area contributed by atoms with Crippen LogP contribution in [0.5, 0.6) is 0 Å². The number of carbonyl (C=O) groups excluding carboxylic acids is 1. The molecular formula is C18H22N4O3S. The van der Waals surface area contributed by atoms with Gasteiger partial charge in [0.15, 0.2) is 0 Å². The lowest BCUT2D eigenvalue weighted by atomic mass is 9.93. The zero-order valence-electron chi connectivity index (χ0n) is 14.6. The standard InChI is InChI=1S/C18H22N4O3S/c1-26(24,25)21-10-13-6-7-14(12-21)22(11-13)18(23)16-5-3-2-4-15(16)17-19-8-9-20-17/h2-5,8-9,13-14H,6-7,10-12H2,1H3,(H,19,20)/t13-,14+/m0/s1. The van der Waals surface area contributed by atoms with Crippen LogP contribution in [0.1, 0.15) is 23.2 Å². The van der Waals surface area contributed by atoms with Crippen LogP contribution < -0.4 is 0 Å². The maximum absolute atomic E-state index is 13.3. The van der Waals surface area contributed by atoms with Gasteiger partial charge in [-0.05, 0) is 24.8 Å². The topological polar surface area (TPSA) is 86.4 Å². The zero-order chi connectivity index (χ0) is 18.3. The average Bonchev–Trinajstić information content (AvgIpc) is 2.99. The van der Waals surface area contributed by atoms with Gasteiger partial charge in [-0.2, -0.15) is 4.31 Å². The van der Waals surface area contributed by atoms with E-state index in [0.29, 0.717) is 31.0 Å². The highest BCUT2D eigenvalue weighted by atomic mass is 32.2. The summed E-state index contributed by atoms with van der Waals surface area (Å²) in [5.41, 5.74) is 1.36. The van der Waals surface area contributed by atoms with Gasteiger partial charge in [-0.1, -0.05) is 18.2 Å². The molecule has 4 heterocycles. The molecule has 138 valence electrons. The number of H-pyrrole nitrogens is 1. The Morgan fingerprint density at radius 3 is 2.73 bits per heavy atom. The third-order valence-corrected chi connectivity index (χ3v) is 6.56. The van der Waals surface area contributed by atoms with Crippen molar-refractivity contribution in [1.82, 2.24) is 19.2 Å². The third kappa shape index (κ3) is 3.14. The minimum atomic E-state index is -3.25. The average molecular weight is 374 g/mol. The highest BCUT2D eigenvalue weighted by Crippen LogP contribution is 2.31. The second-order valence-electron chi connectivity index (χ2n) is 7.12. The number of piperidine rings is 1. The van der Waals surface area contributed by atoms with Crippen LogP contribution in [0.3, 0.4) is 0 Å². The number of fused-ring (bicyclic) bond motifs is 4. The van der Waals surface area contributed by atoms with E-state index in [4.69, 9.17) is 0 Å². The molecule has 1 N–H and O–H groups in total. The lowest BCUT2D eigenvalue weighted by molar-refractivity contribution is 0.0589. The third-order valence-electron chi connectivity index (χ3n) is 5.32. The summed E-state index contributed by atoms with van der Waals surface area (Å²) in [4.78, 5) is 22.5. The number of imidazole rings is 1. The maximum atomic E-state index is 13.3. The van der Waals surface area contributed by atoms with Gasteiger partial charge in [-0.3, -0.25) is 4.79 Å². The van der Waals surface area contributed by atoms with Crippen LogP contribution in [0.25, 0.3) is 11.4 Å². The second-order valence-corrected chi connectivity index (χ2v) is 9.10. The minimum absolute atomic E-state index is 0.0537. The number of hydrogen-bond donors (Lipinski definition) is 1. The fourth-order valence-electron chi connectivity index (χ4n) is 4.00. The first-order chi connectivity index (χ1) is 12.4. The number of carbonyl (C=O) groups is 1. The molecular weight excluding hydrogens is 352 g/mol. The summed E-state index contributed by atoms with van der Waals surface area (Å²) in [6.07, 6.45) is 6.44. The van der Waals surface area contributed by atoms with Crippen LogP contribution >= 0.6 is 0 Å². The molecule has 26 heavy (non-hydrogen) atoms. The number of benzene rings is 1. The fourth-order valence-corrected chi connectivity index (χ4v) is 4.93. The quantitative estimate of drug-likeness (QED) is 0.884. The number of sulfonamides is 1. The van der Waals surface area contributed by atoms with Crippen molar-refractivity contribution >= 4 is 15.9 Å². The van der Waals surface area contributed by atoms with Crippen molar-refractivity contribution in [3.63, 3.8) is 0 Å². The van der Waals surface area contributed by atoms with Crippen molar-refractivity contribution in [3.8, 4) is 11.4 Å². The summed E-state index contributed by atoms with van der Waals surface area (Å²) in [6, 6.07) is 7.34. The van der Waals surface area contributed by atoms with Gasteiger partial charge < -0.3 is 9.88 Å². The molecule has 1 aromatic heterocycles. The Bertz CT molecular complexity index is 910. The molecule has 2 atom stereocenters. The van der Waals surface area contributed by atoms with Gasteiger partial charge in [0.1, 0.15) is 5.82 Å². The largest absolute Gasteiger partial charge is 0.345 e. The van der Waals surface area contributed by atoms with E-state index < -0.39 is 10.0 Å². The van der Waals surface area contributed by atoms with Gasteiger partial charge in [-0.25, -0.2) is 13.4 Å². The molecule has 1 amide bonds. The van der Waals surface area contributed by atoms with E-state index in [1.807, 2.05) is 29.2 Å². The van der Waals surface area contributed by atoms with Gasteiger partial charge >= 0.3 is 0 Å². The first-order valence-corrected chi connectivity index (χ1v) is 10.6. The molecule has 3 aliphatic heterocycles. The van der Waals surface area contributed by atoms with E-state index in [1.54, 1.807) is 12.4 Å². The Morgan fingerprint density at radius 1 is 1.19 bits per heavy atom. The van der Waals surface area contributed by atoms with E-state index in [2.05, 4.69) is 9.97 Å². The molecule has 0 aliphatic carbocycles. The molecule has 2 bridgehead atoms. The Kier molecular flexibility index (Phi) is 4.32. The van der Waals surface area contributed by atoms with Crippen LogP contribution in [0.2, 0.25) is 0 Å². The van der Waals surface area contributed by atoms with Crippen LogP contribution in [0.15, 0.2) is 36.7 Å². The van der Waals surface area contributed by atoms with Crippen LogP contribution in [-0.2, 0) is 10.0 Å². The molecule has 0 spiro atoms. The lowest BCUT2D eigenvalue weighted by Crippen LogP contribution is -2.47. The number of hydrogen-bond acceptors (Lipinski definition) is 4. The van der Waals surface area contributed by atoms with Crippen LogP contribution in [0, 0.1) is 5.92 Å². The predicted octanol–water partition coefficient (Wildman–Crippen LogP) is 1.57. The fraction of sp³-hybridized carbons (Fsp3) is 0.444. The molecule has 0 saturated carbocycles.